The molecule has 6 nitrogen and oxygen atoms in total. The molecule has 1 atom stereocenters. The predicted octanol–water partition coefficient (Wildman–Crippen LogP) is 4.37. The molecule has 1 aromatic heterocycles. The third kappa shape index (κ3) is 5.13. The Morgan fingerprint density at radius 1 is 1.35 bits per heavy atom. The average molecular weight is 359 g/mol. The lowest BCUT2D eigenvalue weighted by Gasteiger charge is -2.34. The number of fused-ring (bicyclic) bond motifs is 1. The first-order chi connectivity index (χ1) is 12.4. The molecule has 1 N–H and O–H groups in total. The van der Waals surface area contributed by atoms with Gasteiger partial charge >= 0.3 is 6.09 Å². The largest absolute Gasteiger partial charge is 0.465 e. The molecule has 1 amide bonds. The van der Waals surface area contributed by atoms with E-state index in [1.165, 1.54) is 0 Å². The number of amides is 1. The highest BCUT2D eigenvalue weighted by Gasteiger charge is 2.27. The van der Waals surface area contributed by atoms with Crippen LogP contribution in [0.25, 0.3) is 11.0 Å². The number of imidazole rings is 1. The molecule has 1 aromatic carbocycles. The van der Waals surface area contributed by atoms with Crippen molar-refractivity contribution in [3.63, 3.8) is 0 Å². The van der Waals surface area contributed by atoms with Gasteiger partial charge in [-0.2, -0.15) is 4.98 Å². The molecule has 0 saturated carbocycles. The van der Waals surface area contributed by atoms with Crippen molar-refractivity contribution in [2.75, 3.05) is 19.7 Å². The summed E-state index contributed by atoms with van der Waals surface area (Å²) in [6, 6.07) is 8.47. The molecule has 0 unspecified atom stereocenters. The monoisotopic (exact) mass is 359 g/mol. The smallest absolute Gasteiger partial charge is 0.410 e. The van der Waals surface area contributed by atoms with Crippen LogP contribution < -0.4 is 4.74 Å². The zero-order valence-corrected chi connectivity index (χ0v) is 16.0. The topological polar surface area (TPSA) is 67.4 Å². The second-order valence-corrected chi connectivity index (χ2v) is 7.98. The number of nitrogens with zero attached hydrogens (tertiary/aromatic N) is 2. The molecular formula is C20H29N3O3. The van der Waals surface area contributed by atoms with Crippen molar-refractivity contribution in [3.05, 3.63) is 24.3 Å². The van der Waals surface area contributed by atoms with Crippen LogP contribution in [0, 0.1) is 5.92 Å². The van der Waals surface area contributed by atoms with Gasteiger partial charge in [0.05, 0.1) is 17.6 Å². The summed E-state index contributed by atoms with van der Waals surface area (Å²) in [6.07, 6.45) is 3.99. The highest BCUT2D eigenvalue weighted by molar-refractivity contribution is 5.75. The maximum atomic E-state index is 12.2. The molecule has 0 spiro atoms. The van der Waals surface area contributed by atoms with Gasteiger partial charge in [0.2, 0.25) is 0 Å². The van der Waals surface area contributed by atoms with Crippen LogP contribution >= 0.6 is 0 Å². The molecule has 26 heavy (non-hydrogen) atoms. The molecule has 6 heteroatoms. The highest BCUT2D eigenvalue weighted by Crippen LogP contribution is 2.23. The number of aromatic nitrogens is 2. The Morgan fingerprint density at radius 3 is 2.92 bits per heavy atom. The molecule has 1 saturated heterocycles. The minimum atomic E-state index is -0.440. The van der Waals surface area contributed by atoms with Gasteiger partial charge in [-0.15, -0.1) is 0 Å². The lowest BCUT2D eigenvalue weighted by molar-refractivity contribution is 0.0159. The first-order valence-corrected chi connectivity index (χ1v) is 9.46. The number of H-pyrrole nitrogens is 1. The molecule has 0 aliphatic carbocycles. The van der Waals surface area contributed by atoms with E-state index in [0.717, 1.165) is 49.8 Å². The van der Waals surface area contributed by atoms with Gasteiger partial charge < -0.3 is 19.4 Å². The highest BCUT2D eigenvalue weighted by atomic mass is 16.6. The maximum Gasteiger partial charge on any atom is 0.410 e. The van der Waals surface area contributed by atoms with E-state index < -0.39 is 5.60 Å². The van der Waals surface area contributed by atoms with Gasteiger partial charge in [-0.1, -0.05) is 12.1 Å². The summed E-state index contributed by atoms with van der Waals surface area (Å²) in [4.78, 5) is 21.7. The molecule has 1 aliphatic rings. The van der Waals surface area contributed by atoms with Crippen molar-refractivity contribution in [2.24, 2.45) is 5.92 Å². The van der Waals surface area contributed by atoms with Crippen LogP contribution in [-0.2, 0) is 4.74 Å². The number of carbonyl (C=O) groups excluding carboxylic acids is 1. The molecule has 2 aromatic rings. The molecule has 0 radical (unpaired) electrons. The van der Waals surface area contributed by atoms with Crippen molar-refractivity contribution in [3.8, 4) is 6.01 Å². The molecule has 1 aliphatic heterocycles. The van der Waals surface area contributed by atoms with E-state index in [-0.39, 0.29) is 6.09 Å². The predicted molar refractivity (Wildman–Crippen MR) is 101 cm³/mol. The van der Waals surface area contributed by atoms with E-state index in [1.54, 1.807) is 0 Å². The summed E-state index contributed by atoms with van der Waals surface area (Å²) in [6.45, 7) is 7.91. The lowest BCUT2D eigenvalue weighted by atomic mass is 9.94. The first-order valence-electron chi connectivity index (χ1n) is 9.46. The number of piperidine rings is 1. The van der Waals surface area contributed by atoms with Crippen LogP contribution in [0.2, 0.25) is 0 Å². The number of hydrogen-bond donors (Lipinski definition) is 1. The Labute approximate surface area is 154 Å². The minimum Gasteiger partial charge on any atom is -0.465 e. The summed E-state index contributed by atoms with van der Waals surface area (Å²) in [7, 11) is 0. The SMILES string of the molecule is CC(C)(C)OC(=O)N1CCC[C@H](CCCOc2nc3ccccc3[nH]2)C1. The van der Waals surface area contributed by atoms with Crippen LogP contribution in [0.1, 0.15) is 46.5 Å². The van der Waals surface area contributed by atoms with Crippen molar-refractivity contribution >= 4 is 17.1 Å². The number of ether oxygens (including phenoxy) is 2. The number of rotatable bonds is 5. The molecule has 3 rings (SSSR count). The number of hydrogen-bond acceptors (Lipinski definition) is 4. The van der Waals surface area contributed by atoms with Crippen molar-refractivity contribution in [1.29, 1.82) is 0 Å². The number of carbonyl (C=O) groups is 1. The number of para-hydroxylation sites is 2. The fourth-order valence-corrected chi connectivity index (χ4v) is 3.33. The van der Waals surface area contributed by atoms with E-state index in [0.29, 0.717) is 18.5 Å². The van der Waals surface area contributed by atoms with E-state index in [2.05, 4.69) is 9.97 Å². The minimum absolute atomic E-state index is 0.194. The fraction of sp³-hybridized carbons (Fsp3) is 0.600. The number of likely N-dealkylation sites (tertiary alicyclic amines) is 1. The fourth-order valence-electron chi connectivity index (χ4n) is 3.33. The van der Waals surface area contributed by atoms with Gasteiger partial charge in [0, 0.05) is 13.1 Å². The zero-order valence-electron chi connectivity index (χ0n) is 16.0. The van der Waals surface area contributed by atoms with Gasteiger partial charge in [-0.05, 0) is 64.5 Å². The zero-order chi connectivity index (χ0) is 18.6. The third-order valence-corrected chi connectivity index (χ3v) is 4.53. The number of nitrogens with one attached hydrogen (secondary N) is 1. The molecule has 0 bridgehead atoms. The number of benzene rings is 1. The Bertz CT molecular complexity index is 702. The quantitative estimate of drug-likeness (QED) is 0.805. The molecule has 142 valence electrons. The van der Waals surface area contributed by atoms with Gasteiger partial charge in [0.25, 0.3) is 6.01 Å². The van der Waals surface area contributed by atoms with Crippen LogP contribution in [-0.4, -0.2) is 46.3 Å². The van der Waals surface area contributed by atoms with Crippen LogP contribution in [0.3, 0.4) is 0 Å². The average Bonchev–Trinajstić information content (AvgIpc) is 3.00. The van der Waals surface area contributed by atoms with Gasteiger partial charge in [0.15, 0.2) is 0 Å². The standard InChI is InChI=1S/C20H29N3O3/c1-20(2,3)26-19(24)23-12-6-8-15(14-23)9-7-13-25-18-21-16-10-4-5-11-17(16)22-18/h4-5,10-11,15H,6-9,12-14H2,1-3H3,(H,21,22)/t15-/m1/s1. The van der Waals surface area contributed by atoms with Crippen molar-refractivity contribution < 1.29 is 14.3 Å². The summed E-state index contributed by atoms with van der Waals surface area (Å²) >= 11 is 0. The lowest BCUT2D eigenvalue weighted by Crippen LogP contribution is -2.42. The van der Waals surface area contributed by atoms with Crippen molar-refractivity contribution in [1.82, 2.24) is 14.9 Å². The number of aromatic amines is 1. The summed E-state index contributed by atoms with van der Waals surface area (Å²) in [5.41, 5.74) is 1.47. The van der Waals surface area contributed by atoms with Gasteiger partial charge in [-0.25, -0.2) is 4.79 Å². The third-order valence-electron chi connectivity index (χ3n) is 4.53. The van der Waals surface area contributed by atoms with Crippen molar-refractivity contribution in [2.45, 2.75) is 52.1 Å². The van der Waals surface area contributed by atoms with Gasteiger partial charge in [-0.3, -0.25) is 0 Å². The summed E-state index contributed by atoms with van der Waals surface area (Å²) < 4.78 is 11.2. The molecule has 1 fully saturated rings. The van der Waals surface area contributed by atoms with Crippen LogP contribution in [0.15, 0.2) is 24.3 Å². The summed E-state index contributed by atoms with van der Waals surface area (Å²) in [5.74, 6) is 0.510. The first kappa shape index (κ1) is 18.5. The van der Waals surface area contributed by atoms with E-state index in [4.69, 9.17) is 9.47 Å². The Kier molecular flexibility index (Phi) is 5.69. The molecule has 2 heterocycles. The Hall–Kier alpha value is -2.24. The summed E-state index contributed by atoms with van der Waals surface area (Å²) in [5, 5.41) is 0. The van der Waals surface area contributed by atoms with E-state index in [1.807, 2.05) is 49.9 Å². The van der Waals surface area contributed by atoms with Crippen LogP contribution in [0.5, 0.6) is 6.01 Å². The Balaban J connectivity index is 1.41. The van der Waals surface area contributed by atoms with E-state index >= 15 is 0 Å². The normalized spacial score (nSPS) is 18.1. The van der Waals surface area contributed by atoms with Crippen LogP contribution in [0.4, 0.5) is 4.79 Å². The second-order valence-electron chi connectivity index (χ2n) is 7.98. The maximum absolute atomic E-state index is 12.2. The van der Waals surface area contributed by atoms with E-state index in [9.17, 15) is 4.79 Å². The second kappa shape index (κ2) is 7.98. The Morgan fingerprint density at radius 2 is 2.15 bits per heavy atom. The molecular weight excluding hydrogens is 330 g/mol. The van der Waals surface area contributed by atoms with Gasteiger partial charge in [0.1, 0.15) is 5.60 Å².